The van der Waals surface area contributed by atoms with Gasteiger partial charge >= 0.3 is 0 Å². The van der Waals surface area contributed by atoms with Gasteiger partial charge in [0.05, 0.1) is 17.6 Å². The number of hydrogen-bond acceptors (Lipinski definition) is 5. The van der Waals surface area contributed by atoms with E-state index in [9.17, 15) is 10.1 Å². The zero-order valence-corrected chi connectivity index (χ0v) is 14.2. The fourth-order valence-corrected chi connectivity index (χ4v) is 3.16. The second kappa shape index (κ2) is 8.09. The fourth-order valence-electron chi connectivity index (χ4n) is 3.16. The summed E-state index contributed by atoms with van der Waals surface area (Å²) in [5.74, 6) is 0. The summed E-state index contributed by atoms with van der Waals surface area (Å²) in [6.45, 7) is 1.01. The van der Waals surface area contributed by atoms with Crippen LogP contribution in [0.25, 0.3) is 0 Å². The standard InChI is InChI=1S/C19H22N2O4/c1-24-13-15-11-17(21(22)23)7-8-18(15)20-16-9-10-25-19(12-16)14-5-3-2-4-6-14/h2-8,11,16,19-20H,9-10,12-13H2,1H3. The number of methoxy groups -OCH3 is 1. The van der Waals surface area contributed by atoms with Crippen molar-refractivity contribution in [2.75, 3.05) is 19.0 Å². The van der Waals surface area contributed by atoms with Gasteiger partial charge in [-0.1, -0.05) is 30.3 Å². The molecule has 1 aliphatic rings. The molecular weight excluding hydrogens is 320 g/mol. The summed E-state index contributed by atoms with van der Waals surface area (Å²) in [5.41, 5.74) is 2.92. The van der Waals surface area contributed by atoms with Crippen LogP contribution >= 0.6 is 0 Å². The molecule has 132 valence electrons. The number of ether oxygens (including phenoxy) is 2. The van der Waals surface area contributed by atoms with Gasteiger partial charge in [-0.2, -0.15) is 0 Å². The zero-order chi connectivity index (χ0) is 17.6. The number of rotatable bonds is 6. The normalized spacial score (nSPS) is 20.2. The third-order valence-electron chi connectivity index (χ3n) is 4.41. The maximum absolute atomic E-state index is 11.0. The molecule has 3 rings (SSSR count). The molecule has 1 fully saturated rings. The molecule has 1 heterocycles. The van der Waals surface area contributed by atoms with E-state index >= 15 is 0 Å². The van der Waals surface area contributed by atoms with Gasteiger partial charge in [-0.25, -0.2) is 0 Å². The highest BCUT2D eigenvalue weighted by Gasteiger charge is 2.24. The van der Waals surface area contributed by atoms with E-state index in [1.54, 1.807) is 19.2 Å². The second-order valence-corrected chi connectivity index (χ2v) is 6.17. The van der Waals surface area contributed by atoms with Crippen molar-refractivity contribution in [1.29, 1.82) is 0 Å². The van der Waals surface area contributed by atoms with Crippen LogP contribution in [0.2, 0.25) is 0 Å². The number of non-ortho nitro benzene ring substituents is 1. The van der Waals surface area contributed by atoms with E-state index < -0.39 is 0 Å². The number of nitrogens with one attached hydrogen (secondary N) is 1. The average Bonchev–Trinajstić information content (AvgIpc) is 2.64. The predicted molar refractivity (Wildman–Crippen MR) is 95.6 cm³/mol. The number of nitro groups is 1. The molecule has 0 amide bonds. The quantitative estimate of drug-likeness (QED) is 0.633. The van der Waals surface area contributed by atoms with Crippen LogP contribution in [0, 0.1) is 10.1 Å². The van der Waals surface area contributed by atoms with Crippen LogP contribution in [0.1, 0.15) is 30.1 Å². The van der Waals surface area contributed by atoms with Crippen molar-refractivity contribution in [2.45, 2.75) is 31.6 Å². The first-order valence-corrected chi connectivity index (χ1v) is 8.36. The van der Waals surface area contributed by atoms with Gasteiger partial charge in [0.25, 0.3) is 5.69 Å². The minimum absolute atomic E-state index is 0.0661. The second-order valence-electron chi connectivity index (χ2n) is 6.17. The molecule has 2 aromatic carbocycles. The highest BCUT2D eigenvalue weighted by molar-refractivity contribution is 5.56. The van der Waals surface area contributed by atoms with Crippen molar-refractivity contribution in [3.63, 3.8) is 0 Å². The number of anilines is 1. The van der Waals surface area contributed by atoms with Crippen LogP contribution in [-0.2, 0) is 16.1 Å². The maximum atomic E-state index is 11.0. The first kappa shape index (κ1) is 17.4. The molecule has 0 saturated carbocycles. The van der Waals surface area contributed by atoms with E-state index in [-0.39, 0.29) is 22.8 Å². The molecule has 1 aliphatic heterocycles. The molecule has 0 spiro atoms. The topological polar surface area (TPSA) is 73.6 Å². The number of hydrogen-bond donors (Lipinski definition) is 1. The predicted octanol–water partition coefficient (Wildman–Crippen LogP) is 4.07. The molecule has 2 atom stereocenters. The Morgan fingerprint density at radius 1 is 1.28 bits per heavy atom. The Balaban J connectivity index is 1.74. The molecule has 0 bridgehead atoms. The van der Waals surface area contributed by atoms with Gasteiger partial charge in [-0.3, -0.25) is 10.1 Å². The van der Waals surface area contributed by atoms with Crippen LogP contribution in [0.15, 0.2) is 48.5 Å². The van der Waals surface area contributed by atoms with E-state index in [0.29, 0.717) is 13.2 Å². The Kier molecular flexibility index (Phi) is 5.63. The summed E-state index contributed by atoms with van der Waals surface area (Å²) >= 11 is 0. The van der Waals surface area contributed by atoms with Crippen LogP contribution < -0.4 is 5.32 Å². The highest BCUT2D eigenvalue weighted by atomic mass is 16.6. The van der Waals surface area contributed by atoms with Crippen molar-refractivity contribution in [1.82, 2.24) is 0 Å². The van der Waals surface area contributed by atoms with Crippen molar-refractivity contribution >= 4 is 11.4 Å². The molecule has 1 saturated heterocycles. The monoisotopic (exact) mass is 342 g/mol. The van der Waals surface area contributed by atoms with Crippen molar-refractivity contribution in [3.05, 3.63) is 69.8 Å². The lowest BCUT2D eigenvalue weighted by Crippen LogP contribution is -2.30. The van der Waals surface area contributed by atoms with Gasteiger partial charge in [0, 0.05) is 43.1 Å². The molecule has 0 aliphatic carbocycles. The summed E-state index contributed by atoms with van der Waals surface area (Å²) in [6, 6.07) is 15.3. The van der Waals surface area contributed by atoms with Gasteiger partial charge in [-0.05, 0) is 24.5 Å². The molecule has 2 aromatic rings. The summed E-state index contributed by atoms with van der Waals surface area (Å²) in [4.78, 5) is 10.6. The lowest BCUT2D eigenvalue weighted by Gasteiger charge is -2.31. The average molecular weight is 342 g/mol. The first-order valence-electron chi connectivity index (χ1n) is 8.36. The molecule has 0 aromatic heterocycles. The van der Waals surface area contributed by atoms with E-state index in [2.05, 4.69) is 17.4 Å². The lowest BCUT2D eigenvalue weighted by molar-refractivity contribution is -0.384. The smallest absolute Gasteiger partial charge is 0.269 e. The van der Waals surface area contributed by atoms with Gasteiger partial charge in [-0.15, -0.1) is 0 Å². The largest absolute Gasteiger partial charge is 0.382 e. The molecule has 0 radical (unpaired) electrons. The SMILES string of the molecule is COCc1cc([N+](=O)[O-])ccc1NC1CCOC(c2ccccc2)C1. The third-order valence-corrected chi connectivity index (χ3v) is 4.41. The number of nitro benzene ring substituents is 1. The molecule has 2 unspecified atom stereocenters. The molecule has 6 nitrogen and oxygen atoms in total. The van der Waals surface area contributed by atoms with Crippen LogP contribution in [0.5, 0.6) is 0 Å². The van der Waals surface area contributed by atoms with Crippen molar-refractivity contribution < 1.29 is 14.4 Å². The molecular formula is C19H22N2O4. The van der Waals surface area contributed by atoms with Crippen molar-refractivity contribution in [2.24, 2.45) is 0 Å². The minimum Gasteiger partial charge on any atom is -0.382 e. The maximum Gasteiger partial charge on any atom is 0.269 e. The fraction of sp³-hybridized carbons (Fsp3) is 0.368. The Hall–Kier alpha value is -2.44. The van der Waals surface area contributed by atoms with E-state index in [4.69, 9.17) is 9.47 Å². The van der Waals surface area contributed by atoms with E-state index in [0.717, 1.165) is 24.1 Å². The zero-order valence-electron chi connectivity index (χ0n) is 14.2. The van der Waals surface area contributed by atoms with Crippen LogP contribution in [0.3, 0.4) is 0 Å². The third kappa shape index (κ3) is 4.35. The lowest BCUT2D eigenvalue weighted by atomic mass is 9.97. The Labute approximate surface area is 146 Å². The van der Waals surface area contributed by atoms with Gasteiger partial charge < -0.3 is 14.8 Å². The van der Waals surface area contributed by atoms with E-state index in [1.807, 2.05) is 18.2 Å². The Bertz CT molecular complexity index is 721. The van der Waals surface area contributed by atoms with Gasteiger partial charge in [0.2, 0.25) is 0 Å². The van der Waals surface area contributed by atoms with Crippen LogP contribution in [0.4, 0.5) is 11.4 Å². The summed E-state index contributed by atoms with van der Waals surface area (Å²) in [6.07, 6.45) is 1.82. The molecule has 6 heteroatoms. The van der Waals surface area contributed by atoms with Gasteiger partial charge in [0.1, 0.15) is 0 Å². The first-order chi connectivity index (χ1) is 12.2. The summed E-state index contributed by atoms with van der Waals surface area (Å²) in [7, 11) is 1.59. The summed E-state index contributed by atoms with van der Waals surface area (Å²) < 4.78 is 11.1. The Morgan fingerprint density at radius 2 is 2.08 bits per heavy atom. The van der Waals surface area contributed by atoms with Crippen molar-refractivity contribution in [3.8, 4) is 0 Å². The number of nitrogens with zero attached hydrogens (tertiary/aromatic N) is 1. The van der Waals surface area contributed by atoms with Gasteiger partial charge in [0.15, 0.2) is 0 Å². The number of benzene rings is 2. The molecule has 25 heavy (non-hydrogen) atoms. The summed E-state index contributed by atoms with van der Waals surface area (Å²) in [5, 5.41) is 14.5. The minimum atomic E-state index is -0.386. The molecule has 1 N–H and O–H groups in total. The Morgan fingerprint density at radius 3 is 2.80 bits per heavy atom. The van der Waals surface area contributed by atoms with Crippen LogP contribution in [-0.4, -0.2) is 24.7 Å². The highest BCUT2D eigenvalue weighted by Crippen LogP contribution is 2.31. The van der Waals surface area contributed by atoms with E-state index in [1.165, 1.54) is 11.6 Å².